The van der Waals surface area contributed by atoms with Crippen molar-refractivity contribution in [2.24, 2.45) is 0 Å². The second-order valence-electron chi connectivity index (χ2n) is 3.76. The number of fused-ring (bicyclic) bond motifs is 1. The van der Waals surface area contributed by atoms with Gasteiger partial charge < -0.3 is 10.3 Å². The SMILES string of the molecule is CCNc1ncc(F)c(Sc2ncnc3nc[nH]c23)n1. The van der Waals surface area contributed by atoms with Gasteiger partial charge in [0.1, 0.15) is 21.9 Å². The molecule has 9 heteroatoms. The fourth-order valence-corrected chi connectivity index (χ4v) is 2.40. The highest BCUT2D eigenvalue weighted by molar-refractivity contribution is 7.99. The Labute approximate surface area is 117 Å². The van der Waals surface area contributed by atoms with E-state index in [4.69, 9.17) is 0 Å². The summed E-state index contributed by atoms with van der Waals surface area (Å²) in [5.41, 5.74) is 1.18. The largest absolute Gasteiger partial charge is 0.354 e. The van der Waals surface area contributed by atoms with E-state index in [1.807, 2.05) is 6.92 Å². The lowest BCUT2D eigenvalue weighted by atomic mass is 10.6. The molecule has 3 aromatic heterocycles. The number of hydrogen-bond acceptors (Lipinski definition) is 7. The Bertz CT molecular complexity index is 744. The van der Waals surface area contributed by atoms with Crippen LogP contribution in [0.3, 0.4) is 0 Å². The molecule has 0 saturated carbocycles. The Balaban J connectivity index is 1.98. The second-order valence-corrected chi connectivity index (χ2v) is 4.74. The number of imidazole rings is 1. The van der Waals surface area contributed by atoms with Gasteiger partial charge in [0.25, 0.3) is 0 Å². The highest BCUT2D eigenvalue weighted by Gasteiger charge is 2.13. The number of hydrogen-bond donors (Lipinski definition) is 2. The average Bonchev–Trinajstić information content (AvgIpc) is 2.92. The predicted molar refractivity (Wildman–Crippen MR) is 72.0 cm³/mol. The number of aromatic nitrogens is 6. The van der Waals surface area contributed by atoms with Crippen LogP contribution >= 0.6 is 11.8 Å². The van der Waals surface area contributed by atoms with Gasteiger partial charge >= 0.3 is 0 Å². The lowest BCUT2D eigenvalue weighted by Crippen LogP contribution is -2.03. The van der Waals surface area contributed by atoms with Crippen molar-refractivity contribution in [1.82, 2.24) is 29.9 Å². The van der Waals surface area contributed by atoms with Crippen molar-refractivity contribution in [2.75, 3.05) is 11.9 Å². The van der Waals surface area contributed by atoms with Crippen molar-refractivity contribution in [3.05, 3.63) is 24.7 Å². The van der Waals surface area contributed by atoms with E-state index in [-0.39, 0.29) is 5.03 Å². The van der Waals surface area contributed by atoms with E-state index in [1.165, 1.54) is 12.7 Å². The van der Waals surface area contributed by atoms with Gasteiger partial charge in [-0.15, -0.1) is 0 Å². The fourth-order valence-electron chi connectivity index (χ4n) is 1.58. The number of halogens is 1. The normalized spacial score (nSPS) is 10.9. The molecule has 0 radical (unpaired) electrons. The van der Waals surface area contributed by atoms with Crippen LogP contribution in [0, 0.1) is 5.82 Å². The molecule has 0 amide bonds. The molecule has 0 unspecified atom stereocenters. The molecule has 102 valence electrons. The topological polar surface area (TPSA) is 92.3 Å². The van der Waals surface area contributed by atoms with Crippen molar-refractivity contribution in [3.63, 3.8) is 0 Å². The van der Waals surface area contributed by atoms with Crippen LogP contribution in [0.5, 0.6) is 0 Å². The second kappa shape index (κ2) is 5.37. The monoisotopic (exact) mass is 291 g/mol. The van der Waals surface area contributed by atoms with Gasteiger partial charge in [0.05, 0.1) is 12.5 Å². The molecule has 3 rings (SSSR count). The summed E-state index contributed by atoms with van der Waals surface area (Å²) in [5, 5.41) is 3.70. The fraction of sp³-hybridized carbons (Fsp3) is 0.182. The summed E-state index contributed by atoms with van der Waals surface area (Å²) in [6.45, 7) is 2.58. The lowest BCUT2D eigenvalue weighted by Gasteiger charge is -2.05. The van der Waals surface area contributed by atoms with Gasteiger partial charge in [-0.25, -0.2) is 29.3 Å². The highest BCUT2D eigenvalue weighted by Crippen LogP contribution is 2.30. The van der Waals surface area contributed by atoms with Gasteiger partial charge in [-0.2, -0.15) is 0 Å². The maximum absolute atomic E-state index is 13.8. The Hall–Kier alpha value is -2.29. The van der Waals surface area contributed by atoms with Gasteiger partial charge in [0, 0.05) is 6.54 Å². The molecule has 2 N–H and O–H groups in total. The summed E-state index contributed by atoms with van der Waals surface area (Å²) in [5.74, 6) is -0.116. The predicted octanol–water partition coefficient (Wildman–Crippen LogP) is 1.86. The maximum atomic E-state index is 13.8. The van der Waals surface area contributed by atoms with Gasteiger partial charge in [-0.05, 0) is 18.7 Å². The van der Waals surface area contributed by atoms with Crippen LogP contribution in [0.15, 0.2) is 28.9 Å². The van der Waals surface area contributed by atoms with Crippen LogP contribution in [0.4, 0.5) is 10.3 Å². The van der Waals surface area contributed by atoms with Crippen molar-refractivity contribution in [2.45, 2.75) is 17.0 Å². The minimum absolute atomic E-state index is 0.200. The highest BCUT2D eigenvalue weighted by atomic mass is 32.2. The van der Waals surface area contributed by atoms with Crippen LogP contribution in [-0.4, -0.2) is 36.4 Å². The Morgan fingerprint density at radius 1 is 1.25 bits per heavy atom. The smallest absolute Gasteiger partial charge is 0.223 e. The van der Waals surface area contributed by atoms with Gasteiger partial charge in [0.2, 0.25) is 5.95 Å². The third-order valence-electron chi connectivity index (χ3n) is 2.43. The molecule has 0 aliphatic carbocycles. The lowest BCUT2D eigenvalue weighted by molar-refractivity contribution is 0.580. The van der Waals surface area contributed by atoms with E-state index in [1.54, 1.807) is 0 Å². The molecular weight excluding hydrogens is 281 g/mol. The molecular formula is C11H10FN7S. The zero-order chi connectivity index (χ0) is 13.9. The van der Waals surface area contributed by atoms with Gasteiger partial charge in [-0.1, -0.05) is 0 Å². The van der Waals surface area contributed by atoms with E-state index in [0.29, 0.717) is 28.7 Å². The van der Waals surface area contributed by atoms with Crippen molar-refractivity contribution in [3.8, 4) is 0 Å². The molecule has 0 bridgehead atoms. The summed E-state index contributed by atoms with van der Waals surface area (Å²) < 4.78 is 13.8. The quantitative estimate of drug-likeness (QED) is 0.709. The number of nitrogens with zero attached hydrogens (tertiary/aromatic N) is 5. The van der Waals surface area contributed by atoms with E-state index in [9.17, 15) is 4.39 Å². The first-order valence-corrected chi connectivity index (χ1v) is 6.68. The molecule has 3 aromatic rings. The number of H-pyrrole nitrogens is 1. The first-order valence-electron chi connectivity index (χ1n) is 5.86. The number of aromatic amines is 1. The number of anilines is 1. The summed E-state index contributed by atoms with van der Waals surface area (Å²) in [4.78, 5) is 23.1. The van der Waals surface area contributed by atoms with Gasteiger partial charge in [-0.3, -0.25) is 0 Å². The summed E-state index contributed by atoms with van der Waals surface area (Å²) >= 11 is 1.10. The summed E-state index contributed by atoms with van der Waals surface area (Å²) in [6, 6.07) is 0. The van der Waals surface area contributed by atoms with E-state index in [0.717, 1.165) is 18.0 Å². The first kappa shape index (κ1) is 12.7. The minimum Gasteiger partial charge on any atom is -0.354 e. The van der Waals surface area contributed by atoms with Crippen molar-refractivity contribution >= 4 is 28.9 Å². The van der Waals surface area contributed by atoms with Crippen LogP contribution in [0.1, 0.15) is 6.92 Å². The first-order chi connectivity index (χ1) is 9.78. The molecule has 0 saturated heterocycles. The summed E-state index contributed by atoms with van der Waals surface area (Å²) in [7, 11) is 0. The Morgan fingerprint density at radius 2 is 2.15 bits per heavy atom. The van der Waals surface area contributed by atoms with Crippen LogP contribution in [0.25, 0.3) is 11.2 Å². The van der Waals surface area contributed by atoms with Crippen LogP contribution in [0.2, 0.25) is 0 Å². The molecule has 0 aromatic carbocycles. The molecule has 0 atom stereocenters. The van der Waals surface area contributed by atoms with E-state index in [2.05, 4.69) is 35.2 Å². The summed E-state index contributed by atoms with van der Waals surface area (Å²) in [6.07, 6.45) is 4.04. The Morgan fingerprint density at radius 3 is 3.00 bits per heavy atom. The third-order valence-corrected chi connectivity index (χ3v) is 3.41. The third kappa shape index (κ3) is 2.39. The van der Waals surface area contributed by atoms with Crippen molar-refractivity contribution in [1.29, 1.82) is 0 Å². The Kier molecular flexibility index (Phi) is 3.42. The zero-order valence-electron chi connectivity index (χ0n) is 10.5. The average molecular weight is 291 g/mol. The zero-order valence-corrected chi connectivity index (χ0v) is 11.3. The maximum Gasteiger partial charge on any atom is 0.223 e. The number of nitrogens with one attached hydrogen (secondary N) is 2. The molecule has 0 aliphatic heterocycles. The molecule has 0 aliphatic rings. The van der Waals surface area contributed by atoms with Crippen molar-refractivity contribution < 1.29 is 4.39 Å². The molecule has 0 fully saturated rings. The van der Waals surface area contributed by atoms with Crippen LogP contribution in [-0.2, 0) is 0 Å². The molecule has 7 nitrogen and oxygen atoms in total. The van der Waals surface area contributed by atoms with Crippen LogP contribution < -0.4 is 5.32 Å². The minimum atomic E-state index is -0.497. The number of rotatable bonds is 4. The standard InChI is InChI=1S/C11H10FN7S/c1-2-13-11-14-3-6(12)9(19-11)20-10-7-8(16-4-15-7)17-5-18-10/h3-5H,2H2,1H3,(H,13,14,19)(H,15,16,17,18). The van der Waals surface area contributed by atoms with E-state index < -0.39 is 5.82 Å². The molecule has 20 heavy (non-hydrogen) atoms. The van der Waals surface area contributed by atoms with Gasteiger partial charge in [0.15, 0.2) is 11.5 Å². The van der Waals surface area contributed by atoms with E-state index >= 15 is 0 Å². The molecule has 3 heterocycles. The molecule has 0 spiro atoms.